The number of benzene rings is 1. The summed E-state index contributed by atoms with van der Waals surface area (Å²) in [5, 5.41) is 0. The summed E-state index contributed by atoms with van der Waals surface area (Å²) in [6, 6.07) is 6.10. The highest BCUT2D eigenvalue weighted by molar-refractivity contribution is 5.36. The molecule has 4 nitrogen and oxygen atoms in total. The molecule has 0 saturated carbocycles. The Morgan fingerprint density at radius 2 is 2.25 bits per heavy atom. The van der Waals surface area contributed by atoms with Crippen LogP contribution in [0.1, 0.15) is 11.1 Å². The average molecular weight is 217 g/mol. The summed E-state index contributed by atoms with van der Waals surface area (Å²) in [4.78, 5) is 3.98. The molecule has 0 bridgehead atoms. The van der Waals surface area contributed by atoms with Crippen molar-refractivity contribution in [2.75, 3.05) is 12.8 Å². The first-order valence-corrected chi connectivity index (χ1v) is 5.11. The molecule has 2 rings (SSSR count). The van der Waals surface area contributed by atoms with Crippen LogP contribution in [-0.2, 0) is 6.54 Å². The van der Waals surface area contributed by atoms with Gasteiger partial charge in [-0.05, 0) is 24.1 Å². The van der Waals surface area contributed by atoms with Crippen molar-refractivity contribution in [1.82, 2.24) is 9.55 Å². The van der Waals surface area contributed by atoms with E-state index in [0.29, 0.717) is 5.95 Å². The maximum absolute atomic E-state index is 5.71. The van der Waals surface area contributed by atoms with Crippen LogP contribution in [0.25, 0.3) is 0 Å². The smallest absolute Gasteiger partial charge is 0.200 e. The zero-order valence-electron chi connectivity index (χ0n) is 9.47. The Balaban J connectivity index is 2.23. The second-order valence-electron chi connectivity index (χ2n) is 3.72. The van der Waals surface area contributed by atoms with Crippen molar-refractivity contribution in [1.29, 1.82) is 0 Å². The van der Waals surface area contributed by atoms with Crippen LogP contribution in [0.3, 0.4) is 0 Å². The molecule has 0 radical (unpaired) electrons. The first-order chi connectivity index (χ1) is 7.70. The molecule has 84 valence electrons. The number of imidazole rings is 1. The van der Waals surface area contributed by atoms with Crippen LogP contribution in [0.5, 0.6) is 5.75 Å². The van der Waals surface area contributed by atoms with Crippen molar-refractivity contribution < 1.29 is 4.74 Å². The number of nitrogen functional groups attached to an aromatic ring is 1. The summed E-state index contributed by atoms with van der Waals surface area (Å²) < 4.78 is 7.12. The first kappa shape index (κ1) is 10.5. The van der Waals surface area contributed by atoms with E-state index in [9.17, 15) is 0 Å². The van der Waals surface area contributed by atoms with Crippen molar-refractivity contribution in [3.05, 3.63) is 41.7 Å². The van der Waals surface area contributed by atoms with Gasteiger partial charge in [0.25, 0.3) is 0 Å². The molecule has 1 aromatic carbocycles. The maximum Gasteiger partial charge on any atom is 0.200 e. The minimum atomic E-state index is 0.536. The summed E-state index contributed by atoms with van der Waals surface area (Å²) in [6.45, 7) is 2.76. The molecule has 0 unspecified atom stereocenters. The molecule has 0 saturated heterocycles. The minimum Gasteiger partial charge on any atom is -0.496 e. The van der Waals surface area contributed by atoms with Crippen molar-refractivity contribution >= 4 is 5.95 Å². The minimum absolute atomic E-state index is 0.536. The Morgan fingerprint density at radius 1 is 1.44 bits per heavy atom. The van der Waals surface area contributed by atoms with E-state index < -0.39 is 0 Å². The Hall–Kier alpha value is -1.97. The second-order valence-corrected chi connectivity index (χ2v) is 3.72. The molecule has 2 N–H and O–H groups in total. The van der Waals surface area contributed by atoms with Crippen LogP contribution in [0, 0.1) is 6.92 Å². The van der Waals surface area contributed by atoms with Gasteiger partial charge in [0, 0.05) is 12.4 Å². The lowest BCUT2D eigenvalue weighted by Crippen LogP contribution is -2.03. The molecule has 0 aliphatic heterocycles. The average Bonchev–Trinajstić information content (AvgIpc) is 2.65. The summed E-state index contributed by atoms with van der Waals surface area (Å²) in [7, 11) is 1.68. The lowest BCUT2D eigenvalue weighted by molar-refractivity contribution is 0.411. The number of nitrogens with two attached hydrogens (primary N) is 1. The van der Waals surface area contributed by atoms with E-state index in [1.54, 1.807) is 13.3 Å². The SMILES string of the molecule is COc1ccc(Cn2ccnc2N)cc1C. The normalized spacial score (nSPS) is 10.4. The molecule has 1 aromatic heterocycles. The third kappa shape index (κ3) is 2.00. The van der Waals surface area contributed by atoms with Gasteiger partial charge in [-0.2, -0.15) is 0 Å². The summed E-state index contributed by atoms with van der Waals surface area (Å²) in [6.07, 6.45) is 3.57. The van der Waals surface area contributed by atoms with E-state index >= 15 is 0 Å². The van der Waals surface area contributed by atoms with Gasteiger partial charge in [0.05, 0.1) is 13.7 Å². The topological polar surface area (TPSA) is 53.1 Å². The number of methoxy groups -OCH3 is 1. The molecule has 1 heterocycles. The van der Waals surface area contributed by atoms with Crippen LogP contribution in [0.15, 0.2) is 30.6 Å². The Bertz CT molecular complexity index is 491. The van der Waals surface area contributed by atoms with Gasteiger partial charge >= 0.3 is 0 Å². The van der Waals surface area contributed by atoms with Crippen molar-refractivity contribution in [2.45, 2.75) is 13.5 Å². The predicted octanol–water partition coefficient (Wildman–Crippen LogP) is 1.83. The van der Waals surface area contributed by atoms with E-state index in [1.165, 1.54) is 5.56 Å². The number of rotatable bonds is 3. The van der Waals surface area contributed by atoms with Gasteiger partial charge in [-0.25, -0.2) is 4.98 Å². The predicted molar refractivity (Wildman–Crippen MR) is 63.5 cm³/mol. The van der Waals surface area contributed by atoms with Crippen molar-refractivity contribution in [3.63, 3.8) is 0 Å². The van der Waals surface area contributed by atoms with Crippen LogP contribution < -0.4 is 10.5 Å². The third-order valence-electron chi connectivity index (χ3n) is 2.56. The Kier molecular flexibility index (Phi) is 2.81. The molecule has 0 aliphatic rings. The van der Waals surface area contributed by atoms with Crippen molar-refractivity contribution in [3.8, 4) is 5.75 Å². The first-order valence-electron chi connectivity index (χ1n) is 5.11. The molecule has 0 spiro atoms. The van der Waals surface area contributed by atoms with Gasteiger partial charge in [0.1, 0.15) is 5.75 Å². The highest BCUT2D eigenvalue weighted by atomic mass is 16.5. The number of aryl methyl sites for hydroxylation is 1. The lowest BCUT2D eigenvalue weighted by Gasteiger charge is -2.08. The molecule has 0 fully saturated rings. The quantitative estimate of drug-likeness (QED) is 0.853. The van der Waals surface area contributed by atoms with Gasteiger partial charge in [-0.1, -0.05) is 12.1 Å². The Morgan fingerprint density at radius 3 is 2.81 bits per heavy atom. The highest BCUT2D eigenvalue weighted by Crippen LogP contribution is 2.19. The lowest BCUT2D eigenvalue weighted by atomic mass is 10.1. The van der Waals surface area contributed by atoms with Crippen molar-refractivity contribution in [2.24, 2.45) is 0 Å². The van der Waals surface area contributed by atoms with Gasteiger partial charge < -0.3 is 15.0 Å². The van der Waals surface area contributed by atoms with E-state index in [0.717, 1.165) is 17.9 Å². The second kappa shape index (κ2) is 4.26. The van der Waals surface area contributed by atoms with Crippen LogP contribution >= 0.6 is 0 Å². The van der Waals surface area contributed by atoms with Gasteiger partial charge in [0.15, 0.2) is 5.95 Å². The number of anilines is 1. The fourth-order valence-corrected chi connectivity index (χ4v) is 1.71. The summed E-state index contributed by atoms with van der Waals surface area (Å²) in [5.41, 5.74) is 8.02. The molecule has 0 amide bonds. The summed E-state index contributed by atoms with van der Waals surface area (Å²) >= 11 is 0. The summed E-state index contributed by atoms with van der Waals surface area (Å²) in [5.74, 6) is 1.44. The number of ether oxygens (including phenoxy) is 1. The third-order valence-corrected chi connectivity index (χ3v) is 2.56. The molecule has 4 heteroatoms. The number of hydrogen-bond donors (Lipinski definition) is 1. The highest BCUT2D eigenvalue weighted by Gasteiger charge is 2.02. The zero-order valence-corrected chi connectivity index (χ0v) is 9.47. The van der Waals surface area contributed by atoms with E-state index in [2.05, 4.69) is 11.1 Å². The Labute approximate surface area is 94.7 Å². The molecule has 2 aromatic rings. The number of nitrogens with zero attached hydrogens (tertiary/aromatic N) is 2. The van der Waals surface area contributed by atoms with E-state index in [1.807, 2.05) is 29.8 Å². The van der Waals surface area contributed by atoms with Gasteiger partial charge in [-0.15, -0.1) is 0 Å². The van der Waals surface area contributed by atoms with Crippen LogP contribution in [0.2, 0.25) is 0 Å². The fourth-order valence-electron chi connectivity index (χ4n) is 1.71. The van der Waals surface area contributed by atoms with Gasteiger partial charge in [-0.3, -0.25) is 0 Å². The standard InChI is InChI=1S/C12H15N3O/c1-9-7-10(3-4-11(9)16-2)8-15-6-5-14-12(15)13/h3-7H,8H2,1-2H3,(H2,13,14). The largest absolute Gasteiger partial charge is 0.496 e. The monoisotopic (exact) mass is 217 g/mol. The molecule has 0 atom stereocenters. The maximum atomic E-state index is 5.71. The molecule has 16 heavy (non-hydrogen) atoms. The van der Waals surface area contributed by atoms with Crippen LogP contribution in [-0.4, -0.2) is 16.7 Å². The van der Waals surface area contributed by atoms with Crippen LogP contribution in [0.4, 0.5) is 5.95 Å². The van der Waals surface area contributed by atoms with E-state index in [-0.39, 0.29) is 0 Å². The van der Waals surface area contributed by atoms with E-state index in [4.69, 9.17) is 10.5 Å². The number of hydrogen-bond acceptors (Lipinski definition) is 3. The fraction of sp³-hybridized carbons (Fsp3) is 0.250. The molecule has 0 aliphatic carbocycles. The molecular weight excluding hydrogens is 202 g/mol. The zero-order chi connectivity index (χ0) is 11.5. The molecular formula is C12H15N3O. The number of aromatic nitrogens is 2. The van der Waals surface area contributed by atoms with Gasteiger partial charge in [0.2, 0.25) is 0 Å².